The minimum absolute atomic E-state index is 0.0970. The van der Waals surface area contributed by atoms with Gasteiger partial charge in [-0.05, 0) is 112 Å². The molecule has 1 aromatic heterocycles. The molecule has 1 saturated heterocycles. The van der Waals surface area contributed by atoms with Crippen molar-refractivity contribution in [2.24, 2.45) is 0 Å². The van der Waals surface area contributed by atoms with Crippen molar-refractivity contribution in [2.45, 2.75) is 91.1 Å². The van der Waals surface area contributed by atoms with Crippen LogP contribution in [0.15, 0.2) is 118 Å². The lowest BCUT2D eigenvalue weighted by Gasteiger charge is -2.40. The second kappa shape index (κ2) is 19.7. The van der Waals surface area contributed by atoms with Gasteiger partial charge in [0, 0.05) is 73.5 Å². The summed E-state index contributed by atoms with van der Waals surface area (Å²) in [6.45, 7) is 8.81. The summed E-state index contributed by atoms with van der Waals surface area (Å²) < 4.78 is 58.1. The normalized spacial score (nSPS) is 16.0. The Morgan fingerprint density at radius 1 is 0.905 bits per heavy atom. The molecule has 4 aromatic carbocycles. The topological polar surface area (TPSA) is 145 Å². The molecule has 0 saturated carbocycles. The van der Waals surface area contributed by atoms with Crippen LogP contribution in [-0.2, 0) is 44.2 Å². The Balaban J connectivity index is 1.05. The van der Waals surface area contributed by atoms with Crippen LogP contribution in [-0.4, -0.2) is 104 Å². The van der Waals surface area contributed by atoms with Gasteiger partial charge in [-0.2, -0.15) is 0 Å². The summed E-state index contributed by atoms with van der Waals surface area (Å²) in [7, 11) is -5.04. The minimum Gasteiger partial charge on any atom is -0.380 e. The third kappa shape index (κ3) is 11.2. The average molecular weight is 931 g/mol. The van der Waals surface area contributed by atoms with E-state index in [-0.39, 0.29) is 33.6 Å². The molecule has 63 heavy (non-hydrogen) atoms. The lowest BCUT2D eigenvalue weighted by molar-refractivity contribution is -0.128. The summed E-state index contributed by atoms with van der Waals surface area (Å²) in [5.74, 6) is 0.516. The molecule has 0 radical (unpaired) electrons. The first-order chi connectivity index (χ1) is 30.0. The number of hydrogen-bond donors (Lipinski definition) is 2. The van der Waals surface area contributed by atoms with Gasteiger partial charge in [0.15, 0.2) is 9.84 Å². The standard InChI is InChI=1S/C47H56ClN7O5S3/c1-47(2,3)62(57,58)44-28-39(19-20-42(44)51-36(27-45(56)53(4)5)31-61-38-12-7-6-8-13-38)63(59,60)52-46-41-23-26-55(30-43(41)49-32-50-46)37-21-24-54(25-22-37)29-34-11-9-10-14-40(34)33-15-17-35(48)18-16-33/h6-20,28,32,36-37,51H,21-27,29-31H2,1-5H3,(H,49,50,52). The molecule has 0 aliphatic carbocycles. The maximum Gasteiger partial charge on any atom is 0.263 e. The number of sulfonamides is 1. The number of carbonyl (C=O) groups is 1. The number of nitrogens with zero attached hydrogens (tertiary/aromatic N) is 5. The first kappa shape index (κ1) is 46.5. The predicted molar refractivity (Wildman–Crippen MR) is 253 cm³/mol. The Morgan fingerprint density at radius 2 is 1.60 bits per heavy atom. The molecule has 1 unspecified atom stereocenters. The van der Waals surface area contributed by atoms with Crippen LogP contribution in [0, 0.1) is 0 Å². The van der Waals surface area contributed by atoms with E-state index in [1.165, 1.54) is 52.3 Å². The number of hydrogen-bond acceptors (Lipinski definition) is 11. The van der Waals surface area contributed by atoms with Gasteiger partial charge in [0.1, 0.15) is 12.1 Å². The quantitative estimate of drug-likeness (QED) is 0.0980. The van der Waals surface area contributed by atoms with E-state index in [2.05, 4.69) is 66.2 Å². The van der Waals surface area contributed by atoms with Crippen molar-refractivity contribution in [2.75, 3.05) is 49.5 Å². The Bertz CT molecular complexity index is 2620. The fourth-order valence-electron chi connectivity index (χ4n) is 8.03. The van der Waals surface area contributed by atoms with Crippen molar-refractivity contribution < 1.29 is 21.6 Å². The van der Waals surface area contributed by atoms with Crippen LogP contribution >= 0.6 is 23.4 Å². The predicted octanol–water partition coefficient (Wildman–Crippen LogP) is 8.24. The molecule has 2 aliphatic rings. The number of likely N-dealkylation sites (tertiary alicyclic amines) is 1. The second-order valence-electron chi connectivity index (χ2n) is 17.4. The lowest BCUT2D eigenvalue weighted by Crippen LogP contribution is -2.46. The number of rotatable bonds is 15. The van der Waals surface area contributed by atoms with Gasteiger partial charge in [0.25, 0.3) is 10.0 Å². The number of carbonyl (C=O) groups excluding carboxylic acids is 1. The van der Waals surface area contributed by atoms with E-state index < -0.39 is 30.6 Å². The molecular formula is C47H56ClN7O5S3. The number of fused-ring (bicyclic) bond motifs is 1. The van der Waals surface area contributed by atoms with Crippen molar-refractivity contribution in [3.63, 3.8) is 0 Å². The highest BCUT2D eigenvalue weighted by atomic mass is 35.5. The summed E-state index contributed by atoms with van der Waals surface area (Å²) in [4.78, 5) is 29.0. The fourth-order valence-corrected chi connectivity index (χ4v) is 11.6. The zero-order chi connectivity index (χ0) is 44.9. The van der Waals surface area contributed by atoms with Gasteiger partial charge in [-0.25, -0.2) is 26.8 Å². The molecule has 1 amide bonds. The molecular weight excluding hydrogens is 874 g/mol. The molecule has 0 spiro atoms. The van der Waals surface area contributed by atoms with Crippen molar-refractivity contribution >= 4 is 60.6 Å². The highest BCUT2D eigenvalue weighted by Gasteiger charge is 2.36. The van der Waals surface area contributed by atoms with E-state index in [9.17, 15) is 21.6 Å². The van der Waals surface area contributed by atoms with Gasteiger partial charge < -0.3 is 10.2 Å². The Hall–Kier alpha value is -4.51. The Labute approximate surface area is 381 Å². The van der Waals surface area contributed by atoms with Gasteiger partial charge in [0.05, 0.1) is 25.9 Å². The summed E-state index contributed by atoms with van der Waals surface area (Å²) in [5.41, 5.74) is 5.38. The van der Waals surface area contributed by atoms with E-state index in [0.29, 0.717) is 24.8 Å². The van der Waals surface area contributed by atoms with Crippen molar-refractivity contribution in [1.29, 1.82) is 0 Å². The smallest absolute Gasteiger partial charge is 0.263 e. The van der Waals surface area contributed by atoms with Crippen LogP contribution in [0.1, 0.15) is 56.9 Å². The average Bonchev–Trinajstić information content (AvgIpc) is 3.26. The van der Waals surface area contributed by atoms with Crippen LogP contribution in [0.2, 0.25) is 5.02 Å². The molecule has 334 valence electrons. The second-order valence-corrected chi connectivity index (χ2v) is 23.3. The number of piperidine rings is 1. The largest absolute Gasteiger partial charge is 0.380 e. The summed E-state index contributed by atoms with van der Waals surface area (Å²) in [6.07, 6.45) is 4.05. The number of nitrogens with one attached hydrogen (secondary N) is 2. The first-order valence-electron chi connectivity index (χ1n) is 21.2. The fraction of sp³-hybridized carbons (Fsp3) is 0.383. The van der Waals surface area contributed by atoms with Gasteiger partial charge in [-0.15, -0.1) is 11.8 Å². The third-order valence-electron chi connectivity index (χ3n) is 11.7. The zero-order valence-corrected chi connectivity index (χ0v) is 39.6. The molecule has 0 bridgehead atoms. The Kier molecular flexibility index (Phi) is 14.5. The molecule has 1 atom stereocenters. The monoisotopic (exact) mass is 929 g/mol. The molecule has 1 fully saturated rings. The number of aromatic nitrogens is 2. The van der Waals surface area contributed by atoms with Gasteiger partial charge in [-0.1, -0.05) is 66.2 Å². The van der Waals surface area contributed by atoms with Gasteiger partial charge >= 0.3 is 0 Å². The molecule has 5 aromatic rings. The molecule has 2 aliphatic heterocycles. The van der Waals surface area contributed by atoms with E-state index in [1.54, 1.807) is 34.9 Å². The van der Waals surface area contributed by atoms with Crippen LogP contribution < -0.4 is 10.0 Å². The number of sulfone groups is 1. The van der Waals surface area contributed by atoms with E-state index in [1.807, 2.05) is 42.5 Å². The highest BCUT2D eigenvalue weighted by Crippen LogP contribution is 2.36. The summed E-state index contributed by atoms with van der Waals surface area (Å²) in [6, 6.07) is 30.2. The van der Waals surface area contributed by atoms with Crippen LogP contribution in [0.5, 0.6) is 0 Å². The van der Waals surface area contributed by atoms with E-state index in [4.69, 9.17) is 11.6 Å². The molecule has 3 heterocycles. The van der Waals surface area contributed by atoms with Crippen LogP contribution in [0.3, 0.4) is 0 Å². The number of anilines is 2. The summed E-state index contributed by atoms with van der Waals surface area (Å²) in [5, 5.41) is 4.03. The molecule has 2 N–H and O–H groups in total. The third-order valence-corrected chi connectivity index (χ3v) is 17.0. The van der Waals surface area contributed by atoms with Crippen molar-refractivity contribution in [3.05, 3.63) is 125 Å². The van der Waals surface area contributed by atoms with Crippen LogP contribution in [0.4, 0.5) is 11.5 Å². The maximum atomic E-state index is 14.2. The van der Waals surface area contributed by atoms with E-state index >= 15 is 0 Å². The van der Waals surface area contributed by atoms with E-state index in [0.717, 1.165) is 65.8 Å². The zero-order valence-electron chi connectivity index (χ0n) is 36.4. The van der Waals surface area contributed by atoms with Gasteiger partial charge in [-0.3, -0.25) is 19.3 Å². The van der Waals surface area contributed by atoms with Gasteiger partial charge in [0.2, 0.25) is 5.91 Å². The number of thioether (sulfide) groups is 1. The SMILES string of the molecule is CN(C)C(=O)CC(CSc1ccccc1)Nc1ccc(S(=O)(=O)Nc2ncnc3c2CCN(C2CCN(Cc4ccccc4-c4ccc(Cl)cc4)CC2)C3)cc1S(=O)(=O)C(C)(C)C. The lowest BCUT2D eigenvalue weighted by atomic mass is 9.96. The highest BCUT2D eigenvalue weighted by molar-refractivity contribution is 7.99. The molecule has 16 heteroatoms. The number of benzene rings is 4. The maximum absolute atomic E-state index is 14.2. The minimum atomic E-state index is -4.31. The molecule has 12 nitrogen and oxygen atoms in total. The Morgan fingerprint density at radius 3 is 2.30 bits per heavy atom. The first-order valence-corrected chi connectivity index (χ1v) is 25.5. The number of amides is 1. The van der Waals surface area contributed by atoms with Crippen LogP contribution in [0.25, 0.3) is 11.1 Å². The number of halogens is 1. The molecule has 7 rings (SSSR count). The summed E-state index contributed by atoms with van der Waals surface area (Å²) >= 11 is 7.70. The van der Waals surface area contributed by atoms with Crippen molar-refractivity contribution in [3.8, 4) is 11.1 Å². The van der Waals surface area contributed by atoms with Crippen molar-refractivity contribution in [1.82, 2.24) is 24.7 Å².